The van der Waals surface area contributed by atoms with Crippen molar-refractivity contribution in [2.24, 2.45) is 5.73 Å². The van der Waals surface area contributed by atoms with Crippen molar-refractivity contribution < 1.29 is 33.8 Å². The second-order valence-electron chi connectivity index (χ2n) is 2.79. The van der Waals surface area contributed by atoms with Gasteiger partial charge in [0.05, 0.1) is 6.04 Å². The molecule has 1 unspecified atom stereocenters. The molecule has 14 heavy (non-hydrogen) atoms. The van der Waals surface area contributed by atoms with Crippen LogP contribution in [0.25, 0.3) is 0 Å². The first-order valence-corrected chi connectivity index (χ1v) is 6.80. The van der Waals surface area contributed by atoms with Gasteiger partial charge in [0.15, 0.2) is 0 Å². The number of aliphatic hydroxyl groups is 1. The normalized spacial score (nSPS) is 16.8. The van der Waals surface area contributed by atoms with Crippen molar-refractivity contribution in [2.45, 2.75) is 24.5 Å². The summed E-state index contributed by atoms with van der Waals surface area (Å²) in [6, 6.07) is -1.70. The predicted octanol–water partition coefficient (Wildman–Crippen LogP) is -1.27. The first kappa shape index (κ1) is 14.2. The molecule has 0 saturated carbocycles. The molecule has 0 amide bonds. The summed E-state index contributed by atoms with van der Waals surface area (Å²) in [6.45, 7) is 1.33. The molecule has 0 aromatic carbocycles. The molecule has 0 bridgehead atoms. The molecular weight excluding hydrogens is 236 g/mol. The van der Waals surface area contributed by atoms with Crippen LogP contribution in [0, 0.1) is 0 Å². The number of hydrogen-bond acceptors (Lipinski definition) is 4. The second-order valence-corrected chi connectivity index (χ2v) is 6.68. The van der Waals surface area contributed by atoms with Crippen LogP contribution in [0.4, 0.5) is 0 Å². The van der Waals surface area contributed by atoms with E-state index < -0.39 is 26.3 Å². The van der Waals surface area contributed by atoms with E-state index in [1.165, 1.54) is 6.92 Å². The van der Waals surface area contributed by atoms with Crippen molar-refractivity contribution in [1.82, 2.24) is 0 Å². The molecule has 0 rings (SSSR count). The molecule has 0 saturated heterocycles. The Morgan fingerprint density at radius 3 is 1.57 bits per heavy atom. The molecule has 1 atom stereocenters. The van der Waals surface area contributed by atoms with Crippen LogP contribution in [-0.4, -0.2) is 35.8 Å². The summed E-state index contributed by atoms with van der Waals surface area (Å²) in [6.07, 6.45) is -0.188. The monoisotopic (exact) mass is 249 g/mol. The summed E-state index contributed by atoms with van der Waals surface area (Å²) in [5, 5.41) is 5.80. The lowest BCUT2D eigenvalue weighted by Crippen LogP contribution is -2.47. The lowest BCUT2D eigenvalue weighted by Gasteiger charge is -2.33. The zero-order chi connectivity index (χ0) is 11.8. The van der Waals surface area contributed by atoms with Crippen molar-refractivity contribution in [2.75, 3.05) is 0 Å². The highest BCUT2D eigenvalue weighted by atomic mass is 31.2. The van der Waals surface area contributed by atoms with Crippen LogP contribution in [0.15, 0.2) is 0 Å². The minimum atomic E-state index is -5.41. The minimum absolute atomic E-state index is 0.188. The van der Waals surface area contributed by atoms with E-state index in [-0.39, 0.29) is 6.42 Å². The van der Waals surface area contributed by atoms with Gasteiger partial charge in [-0.25, -0.2) is 0 Å². The van der Waals surface area contributed by atoms with Crippen molar-refractivity contribution in [3.8, 4) is 0 Å². The van der Waals surface area contributed by atoms with Gasteiger partial charge >= 0.3 is 15.2 Å². The Bertz CT molecular complexity index is 270. The molecule has 0 aromatic heterocycles. The van der Waals surface area contributed by atoms with Crippen LogP contribution in [0.3, 0.4) is 0 Å². The maximum Gasteiger partial charge on any atom is 0.371 e. The van der Waals surface area contributed by atoms with E-state index in [9.17, 15) is 14.2 Å². The van der Waals surface area contributed by atoms with Crippen LogP contribution in [0.5, 0.6) is 0 Å². The molecule has 8 nitrogen and oxygen atoms in total. The van der Waals surface area contributed by atoms with Gasteiger partial charge in [-0.05, 0) is 6.42 Å². The number of nitrogens with two attached hydrogens (primary N) is 1. The summed E-state index contributed by atoms with van der Waals surface area (Å²) >= 11 is 0. The summed E-state index contributed by atoms with van der Waals surface area (Å²) in [5.74, 6) is 0. The van der Waals surface area contributed by atoms with Crippen molar-refractivity contribution in [3.05, 3.63) is 0 Å². The number of hydrogen-bond donors (Lipinski definition) is 6. The molecule has 0 radical (unpaired) electrons. The van der Waals surface area contributed by atoms with E-state index >= 15 is 0 Å². The Morgan fingerprint density at radius 2 is 1.50 bits per heavy atom. The second kappa shape index (κ2) is 4.00. The third kappa shape index (κ3) is 2.24. The lowest BCUT2D eigenvalue weighted by molar-refractivity contribution is 0.106. The average Bonchev–Trinajstić information content (AvgIpc) is 1.97. The Labute approximate surface area is 80.1 Å². The van der Waals surface area contributed by atoms with E-state index in [0.717, 1.165) is 0 Å². The van der Waals surface area contributed by atoms with Crippen molar-refractivity contribution in [3.63, 3.8) is 0 Å². The molecule has 0 aliphatic carbocycles. The SMILES string of the molecule is CCC(N)C(O)(P(=O)(O)O)P(=O)(O)O. The fraction of sp³-hybridized carbons (Fsp3) is 1.00. The molecule has 10 heteroatoms. The van der Waals surface area contributed by atoms with Crippen molar-refractivity contribution in [1.29, 1.82) is 0 Å². The maximum atomic E-state index is 10.8. The summed E-state index contributed by atoms with van der Waals surface area (Å²) in [4.78, 5) is 34.7. The van der Waals surface area contributed by atoms with E-state index in [1.807, 2.05) is 0 Å². The molecular formula is C4H13NO7P2. The Hall–Kier alpha value is 0.220. The van der Waals surface area contributed by atoms with Crippen LogP contribution < -0.4 is 5.73 Å². The quantitative estimate of drug-likeness (QED) is 0.336. The van der Waals surface area contributed by atoms with Gasteiger partial charge < -0.3 is 30.4 Å². The number of rotatable bonds is 4. The first-order chi connectivity index (χ1) is 5.98. The van der Waals surface area contributed by atoms with Gasteiger partial charge in [-0.2, -0.15) is 0 Å². The van der Waals surface area contributed by atoms with Crippen molar-refractivity contribution >= 4 is 15.2 Å². The van der Waals surface area contributed by atoms with Gasteiger partial charge in [0.2, 0.25) is 0 Å². The fourth-order valence-corrected chi connectivity index (χ4v) is 3.46. The molecule has 0 heterocycles. The Balaban J connectivity index is 5.53. The van der Waals surface area contributed by atoms with E-state index in [4.69, 9.17) is 25.3 Å². The first-order valence-electron chi connectivity index (χ1n) is 3.57. The molecule has 0 spiro atoms. The smallest absolute Gasteiger partial charge is 0.366 e. The Kier molecular flexibility index (Phi) is 4.06. The van der Waals surface area contributed by atoms with Crippen LogP contribution in [0.1, 0.15) is 13.3 Å². The summed E-state index contributed by atoms with van der Waals surface area (Å²) in [5.41, 5.74) is 5.09. The van der Waals surface area contributed by atoms with E-state index in [0.29, 0.717) is 0 Å². The molecule has 7 N–H and O–H groups in total. The summed E-state index contributed by atoms with van der Waals surface area (Å²) < 4.78 is 21.5. The molecule has 0 fully saturated rings. The van der Waals surface area contributed by atoms with Gasteiger partial charge in [-0.3, -0.25) is 9.13 Å². The highest BCUT2D eigenvalue weighted by Gasteiger charge is 2.62. The highest BCUT2D eigenvalue weighted by molar-refractivity contribution is 7.72. The topological polar surface area (TPSA) is 161 Å². The van der Waals surface area contributed by atoms with Crippen LogP contribution >= 0.6 is 15.2 Å². The third-order valence-corrected chi connectivity index (χ3v) is 5.74. The van der Waals surface area contributed by atoms with E-state index in [1.54, 1.807) is 0 Å². The third-order valence-electron chi connectivity index (χ3n) is 1.79. The molecule has 86 valence electrons. The van der Waals surface area contributed by atoms with Crippen LogP contribution in [0.2, 0.25) is 0 Å². The fourth-order valence-electron chi connectivity index (χ4n) is 0.876. The molecule has 0 aromatic rings. The largest absolute Gasteiger partial charge is 0.371 e. The zero-order valence-corrected chi connectivity index (χ0v) is 9.10. The van der Waals surface area contributed by atoms with Gasteiger partial charge in [-0.15, -0.1) is 0 Å². The van der Waals surface area contributed by atoms with Gasteiger partial charge in [0.25, 0.3) is 5.08 Å². The summed E-state index contributed by atoms with van der Waals surface area (Å²) in [7, 11) is -10.8. The predicted molar refractivity (Wildman–Crippen MR) is 47.3 cm³/mol. The molecule has 0 aliphatic rings. The molecule has 0 aliphatic heterocycles. The zero-order valence-electron chi connectivity index (χ0n) is 7.31. The van der Waals surface area contributed by atoms with E-state index in [2.05, 4.69) is 0 Å². The standard InChI is InChI=1S/C4H13NO7P2/c1-2-3(5)4(6,13(7,8)9)14(10,11)12/h3,6H,2,5H2,1H3,(H2,7,8,9)(H2,10,11,12). The minimum Gasteiger partial charge on any atom is -0.366 e. The average molecular weight is 249 g/mol. The van der Waals surface area contributed by atoms with Gasteiger partial charge in [-0.1, -0.05) is 6.92 Å². The highest BCUT2D eigenvalue weighted by Crippen LogP contribution is 2.68. The van der Waals surface area contributed by atoms with Gasteiger partial charge in [0, 0.05) is 0 Å². The lowest BCUT2D eigenvalue weighted by atomic mass is 10.2. The maximum absolute atomic E-state index is 10.8. The van der Waals surface area contributed by atoms with Crippen LogP contribution in [-0.2, 0) is 9.13 Å². The Morgan fingerprint density at radius 1 is 1.21 bits per heavy atom. The van der Waals surface area contributed by atoms with Gasteiger partial charge in [0.1, 0.15) is 0 Å².